The minimum atomic E-state index is -1.36. The number of aromatic hydroxyl groups is 2. The summed E-state index contributed by atoms with van der Waals surface area (Å²) < 4.78 is 0. The van der Waals surface area contributed by atoms with Crippen LogP contribution in [-0.2, 0) is 60.8 Å². The second kappa shape index (κ2) is 32.7. The number of benzene rings is 2. The number of carbonyl (C=O) groups excluding carboxylic acids is 9. The highest BCUT2D eigenvalue weighted by atomic mass is 32.2. The number of carboxylic acid groups (broad SMARTS) is 1. The van der Waals surface area contributed by atoms with E-state index in [-0.39, 0.29) is 49.0 Å². The van der Waals surface area contributed by atoms with E-state index in [1.165, 1.54) is 68.9 Å². The van der Waals surface area contributed by atoms with Gasteiger partial charge < -0.3 is 68.9 Å². The Morgan fingerprint density at radius 1 is 0.474 bits per heavy atom. The van der Waals surface area contributed by atoms with Crippen molar-refractivity contribution in [3.63, 3.8) is 0 Å². The molecule has 78 heavy (non-hydrogen) atoms. The van der Waals surface area contributed by atoms with E-state index in [1.54, 1.807) is 53.0 Å². The molecule has 2 aromatic carbocycles. The van der Waals surface area contributed by atoms with E-state index in [2.05, 4.69) is 47.9 Å². The maximum atomic E-state index is 13.9. The third-order valence-corrected chi connectivity index (χ3v) is 13.5. The van der Waals surface area contributed by atoms with E-state index in [1.807, 2.05) is 20.8 Å². The number of carboxylic acids is 1. The first-order valence-corrected chi connectivity index (χ1v) is 27.7. The Bertz CT molecular complexity index is 2350. The van der Waals surface area contributed by atoms with Crippen LogP contribution in [0.4, 0.5) is 0 Å². The van der Waals surface area contributed by atoms with Gasteiger partial charge in [0.2, 0.25) is 53.2 Å². The van der Waals surface area contributed by atoms with Crippen molar-refractivity contribution in [3.8, 4) is 11.5 Å². The number of phenols is 2. The molecule has 0 bridgehead atoms. The molecule has 0 heterocycles. The maximum absolute atomic E-state index is 13.9. The Labute approximate surface area is 461 Å². The number of nitrogens with one attached hydrogen (secondary N) is 9. The van der Waals surface area contributed by atoms with Crippen molar-refractivity contribution in [3.05, 3.63) is 59.7 Å². The molecule has 0 aromatic heterocycles. The predicted octanol–water partition coefficient (Wildman–Crippen LogP) is 0.875. The maximum Gasteiger partial charge on any atom is 0.326 e. The van der Waals surface area contributed by atoms with Gasteiger partial charge in [-0.1, -0.05) is 86.1 Å². The smallest absolute Gasteiger partial charge is 0.326 e. The lowest BCUT2D eigenvalue weighted by Gasteiger charge is -2.30. The molecule has 434 valence electrons. The quantitative estimate of drug-likeness (QED) is 0.0484. The molecule has 0 spiro atoms. The molecule has 9 amide bonds. The summed E-state index contributed by atoms with van der Waals surface area (Å²) in [5.41, 5.74) is 7.43. The van der Waals surface area contributed by atoms with Gasteiger partial charge in [0.25, 0.3) is 0 Å². The molecule has 0 fully saturated rings. The van der Waals surface area contributed by atoms with Gasteiger partial charge in [0.15, 0.2) is 0 Å². The molecule has 24 heteroatoms. The van der Waals surface area contributed by atoms with Gasteiger partial charge in [0.1, 0.15) is 65.9 Å². The third kappa shape index (κ3) is 22.6. The number of thioether (sulfide) groups is 1. The molecule has 2 aromatic rings. The van der Waals surface area contributed by atoms with E-state index in [9.17, 15) is 63.3 Å². The third-order valence-electron chi connectivity index (χ3n) is 12.8. The zero-order valence-corrected chi connectivity index (χ0v) is 47.7. The largest absolute Gasteiger partial charge is 0.508 e. The Kier molecular flexibility index (Phi) is 28.2. The number of hydrogen-bond acceptors (Lipinski definition) is 14. The fourth-order valence-corrected chi connectivity index (χ4v) is 8.26. The monoisotopic (exact) mass is 1110 g/mol. The molecule has 0 unspecified atom stereocenters. The number of nitrogens with two attached hydrogens (primary N) is 1. The summed E-state index contributed by atoms with van der Waals surface area (Å²) in [5.74, 6) is -8.88. The SMILES string of the molecule is CC[C@H](C)[C@H](NC(=O)[C@@H](N)Cc1ccc(O)cc1)C(=O)N[C@@H](CC(C)C)C(=O)N[C@@H](C)C(=O)N[C@H](C(=O)N[C@H](C(=O)N[C@@H](C)C(=O)N[C@@H](CCSC)C(=O)N[C@@H](C)C(=O)N[C@@H](Cc1ccc(O)cc1)C(=O)O)C(C)C)C(C)C. The molecule has 0 aliphatic carbocycles. The Morgan fingerprint density at radius 2 is 0.846 bits per heavy atom. The van der Waals surface area contributed by atoms with Crippen molar-refractivity contribution in [2.75, 3.05) is 12.0 Å². The van der Waals surface area contributed by atoms with Crippen molar-refractivity contribution >= 4 is 70.9 Å². The van der Waals surface area contributed by atoms with E-state index in [4.69, 9.17) is 5.73 Å². The number of aliphatic carboxylic acids is 1. The van der Waals surface area contributed by atoms with E-state index < -0.39 is 131 Å². The van der Waals surface area contributed by atoms with Crippen LogP contribution in [0.1, 0.15) is 107 Å². The Hall–Kier alpha value is -6.95. The highest BCUT2D eigenvalue weighted by Gasteiger charge is 2.36. The van der Waals surface area contributed by atoms with Gasteiger partial charge in [-0.2, -0.15) is 11.8 Å². The van der Waals surface area contributed by atoms with Gasteiger partial charge in [0, 0.05) is 6.42 Å². The summed E-state index contributed by atoms with van der Waals surface area (Å²) >= 11 is 1.39. The Morgan fingerprint density at radius 3 is 1.28 bits per heavy atom. The summed E-state index contributed by atoms with van der Waals surface area (Å²) in [4.78, 5) is 134. The predicted molar refractivity (Wildman–Crippen MR) is 295 cm³/mol. The second-order valence-corrected chi connectivity index (χ2v) is 21.8. The fraction of sp³-hybridized carbons (Fsp3) is 0.593. The first kappa shape index (κ1) is 67.2. The van der Waals surface area contributed by atoms with Crippen LogP contribution >= 0.6 is 11.8 Å². The minimum absolute atomic E-state index is 0.0171. The van der Waals surface area contributed by atoms with Gasteiger partial charge in [-0.15, -0.1) is 0 Å². The van der Waals surface area contributed by atoms with Gasteiger partial charge in [-0.05, 0) is 111 Å². The molecular formula is C54H84N10O13S. The number of hydrogen-bond donors (Lipinski definition) is 13. The van der Waals surface area contributed by atoms with Crippen molar-refractivity contribution in [1.29, 1.82) is 0 Å². The summed E-state index contributed by atoms with van der Waals surface area (Å²) in [6.45, 7) is 18.0. The van der Waals surface area contributed by atoms with Crippen molar-refractivity contribution in [1.82, 2.24) is 47.9 Å². The minimum Gasteiger partial charge on any atom is -0.508 e. The lowest BCUT2D eigenvalue weighted by atomic mass is 9.96. The van der Waals surface area contributed by atoms with Crippen LogP contribution in [0.3, 0.4) is 0 Å². The van der Waals surface area contributed by atoms with Gasteiger partial charge in [0.05, 0.1) is 6.04 Å². The molecule has 0 aliphatic heterocycles. The lowest BCUT2D eigenvalue weighted by molar-refractivity contribution is -0.142. The zero-order chi connectivity index (χ0) is 59.1. The normalized spacial score (nSPS) is 15.5. The Balaban J connectivity index is 2.11. The molecule has 0 radical (unpaired) electrons. The molecule has 0 aliphatic rings. The van der Waals surface area contributed by atoms with E-state index in [0.717, 1.165) is 0 Å². The molecule has 0 saturated heterocycles. The molecule has 0 saturated carbocycles. The molecular weight excluding hydrogens is 1030 g/mol. The zero-order valence-electron chi connectivity index (χ0n) is 46.9. The van der Waals surface area contributed by atoms with Crippen LogP contribution in [0.2, 0.25) is 0 Å². The summed E-state index contributed by atoms with van der Waals surface area (Å²) in [6, 6.07) is 0.106. The summed E-state index contributed by atoms with van der Waals surface area (Å²) in [7, 11) is 0. The van der Waals surface area contributed by atoms with Crippen LogP contribution in [0.15, 0.2) is 48.5 Å². The van der Waals surface area contributed by atoms with Gasteiger partial charge in [-0.25, -0.2) is 4.79 Å². The highest BCUT2D eigenvalue weighted by molar-refractivity contribution is 7.98. The number of phenolic OH excluding ortho intramolecular Hbond substituents is 2. The van der Waals surface area contributed by atoms with Crippen molar-refractivity contribution < 1.29 is 63.3 Å². The molecule has 11 atom stereocenters. The van der Waals surface area contributed by atoms with Crippen molar-refractivity contribution in [2.24, 2.45) is 29.4 Å². The van der Waals surface area contributed by atoms with Gasteiger partial charge >= 0.3 is 5.97 Å². The van der Waals surface area contributed by atoms with Crippen LogP contribution < -0.4 is 53.6 Å². The average Bonchev–Trinajstić information content (AvgIpc) is 3.37. The van der Waals surface area contributed by atoms with E-state index in [0.29, 0.717) is 23.3 Å². The van der Waals surface area contributed by atoms with E-state index >= 15 is 0 Å². The molecule has 2 rings (SSSR count). The van der Waals surface area contributed by atoms with Crippen LogP contribution in [-0.4, -0.2) is 147 Å². The first-order chi connectivity index (χ1) is 36.5. The lowest BCUT2D eigenvalue weighted by Crippen LogP contribution is -2.61. The topological polar surface area (TPSA) is 366 Å². The molecule has 14 N–H and O–H groups in total. The van der Waals surface area contributed by atoms with Crippen LogP contribution in [0.25, 0.3) is 0 Å². The second-order valence-electron chi connectivity index (χ2n) is 20.8. The summed E-state index contributed by atoms with van der Waals surface area (Å²) in [5, 5.41) is 52.4. The highest BCUT2D eigenvalue weighted by Crippen LogP contribution is 2.16. The first-order valence-electron chi connectivity index (χ1n) is 26.3. The summed E-state index contributed by atoms with van der Waals surface area (Å²) in [6.07, 6.45) is 2.60. The number of amides is 9. The van der Waals surface area contributed by atoms with Crippen LogP contribution in [0, 0.1) is 23.7 Å². The molecule has 23 nitrogen and oxygen atoms in total. The number of carbonyl (C=O) groups is 10. The fourth-order valence-electron chi connectivity index (χ4n) is 7.79. The number of rotatable bonds is 32. The van der Waals surface area contributed by atoms with Crippen LogP contribution in [0.5, 0.6) is 11.5 Å². The van der Waals surface area contributed by atoms with Gasteiger partial charge in [-0.3, -0.25) is 43.2 Å². The van der Waals surface area contributed by atoms with Crippen molar-refractivity contribution in [2.45, 2.75) is 169 Å². The standard InChI is InChI=1S/C54H84N10O13S/c1-13-30(8)44(64-48(70)38(55)25-34-14-18-36(65)19-15-34)53(75)60-40(24-27(2)3)50(72)57-33(11)47(69)62-43(29(6)7)52(74)63-42(28(4)5)51(73)58-32(10)45(67)59-39(22-23-78-12)49(71)56-31(9)46(68)61-41(54(76)77)26-35-16-20-37(66)21-17-35/h14-21,27-33,38-44,65-66H,13,22-26,55H2,1-12H3,(H,56,71)(H,57,72)(H,58,73)(H,59,67)(H,60,75)(H,61,68)(H,62,69)(H,63,74)(H,64,70)(H,76,77)/t30-,31-,32-,33-,38-,39-,40-,41-,42-,43-,44-/m0/s1. The average molecular weight is 1110 g/mol.